The van der Waals surface area contributed by atoms with Crippen LogP contribution in [0.1, 0.15) is 46.0 Å². The van der Waals surface area contributed by atoms with E-state index in [1.165, 1.54) is 12.8 Å². The second kappa shape index (κ2) is 4.78. The van der Waals surface area contributed by atoms with Crippen molar-refractivity contribution in [2.24, 2.45) is 11.7 Å². The van der Waals surface area contributed by atoms with Gasteiger partial charge in [-0.25, -0.2) is 0 Å². The molecule has 0 aromatic heterocycles. The highest BCUT2D eigenvalue weighted by atomic mass is 16.1. The van der Waals surface area contributed by atoms with Gasteiger partial charge in [0.15, 0.2) is 0 Å². The number of amides is 1. The number of hydrogen-bond acceptors (Lipinski definition) is 2. The van der Waals surface area contributed by atoms with E-state index in [9.17, 15) is 4.79 Å². The molecule has 3 N–H and O–H groups in total. The molecule has 3 heteroatoms. The Hall–Kier alpha value is -0.570. The van der Waals surface area contributed by atoms with Gasteiger partial charge in [-0.1, -0.05) is 19.8 Å². The maximum Gasteiger partial charge on any atom is 0.220 e. The van der Waals surface area contributed by atoms with Crippen LogP contribution in [-0.4, -0.2) is 18.0 Å². The summed E-state index contributed by atoms with van der Waals surface area (Å²) >= 11 is 0. The molecule has 0 heterocycles. The molecular formula is C11H22N2O. The van der Waals surface area contributed by atoms with Crippen LogP contribution in [0.2, 0.25) is 0 Å². The van der Waals surface area contributed by atoms with Crippen molar-refractivity contribution in [3.63, 3.8) is 0 Å². The molecule has 0 bridgehead atoms. The number of carbonyl (C=O) groups is 1. The molecule has 0 saturated heterocycles. The van der Waals surface area contributed by atoms with Crippen LogP contribution in [0.5, 0.6) is 0 Å². The largest absolute Gasteiger partial charge is 0.351 e. The summed E-state index contributed by atoms with van der Waals surface area (Å²) in [5.74, 6) is 0.451. The van der Waals surface area contributed by atoms with Gasteiger partial charge in [-0.15, -0.1) is 0 Å². The zero-order chi connectivity index (χ0) is 10.6. The van der Waals surface area contributed by atoms with E-state index in [4.69, 9.17) is 5.73 Å². The highest BCUT2D eigenvalue weighted by Gasteiger charge is 2.30. The quantitative estimate of drug-likeness (QED) is 0.718. The fourth-order valence-corrected chi connectivity index (χ4v) is 2.07. The van der Waals surface area contributed by atoms with E-state index < -0.39 is 0 Å². The SMILES string of the molecule is CC(CN)CC(=O)NC1(C)CCCC1. The van der Waals surface area contributed by atoms with Crippen molar-refractivity contribution in [3.05, 3.63) is 0 Å². The van der Waals surface area contributed by atoms with Crippen LogP contribution in [-0.2, 0) is 4.79 Å². The van der Waals surface area contributed by atoms with Crippen molar-refractivity contribution in [1.29, 1.82) is 0 Å². The lowest BCUT2D eigenvalue weighted by molar-refractivity contribution is -0.123. The molecule has 1 amide bonds. The van der Waals surface area contributed by atoms with Gasteiger partial charge in [0, 0.05) is 12.0 Å². The fourth-order valence-electron chi connectivity index (χ4n) is 2.07. The lowest BCUT2D eigenvalue weighted by Gasteiger charge is -2.25. The summed E-state index contributed by atoms with van der Waals surface area (Å²) in [6.07, 6.45) is 5.28. The molecule has 0 spiro atoms. The van der Waals surface area contributed by atoms with Gasteiger partial charge in [-0.2, -0.15) is 0 Å². The molecule has 1 aliphatic carbocycles. The Bertz CT molecular complexity index is 197. The first-order chi connectivity index (χ1) is 6.56. The Morgan fingerprint density at radius 3 is 2.57 bits per heavy atom. The summed E-state index contributed by atoms with van der Waals surface area (Å²) in [4.78, 5) is 11.6. The van der Waals surface area contributed by atoms with E-state index in [1.54, 1.807) is 0 Å². The Balaban J connectivity index is 2.32. The first-order valence-corrected chi connectivity index (χ1v) is 5.57. The Morgan fingerprint density at radius 1 is 1.50 bits per heavy atom. The predicted molar refractivity (Wildman–Crippen MR) is 57.9 cm³/mol. The highest BCUT2D eigenvalue weighted by Crippen LogP contribution is 2.28. The average molecular weight is 198 g/mol. The first kappa shape index (κ1) is 11.5. The van der Waals surface area contributed by atoms with Gasteiger partial charge in [-0.05, 0) is 32.2 Å². The number of carbonyl (C=O) groups excluding carboxylic acids is 1. The minimum absolute atomic E-state index is 0.0609. The number of nitrogens with two attached hydrogens (primary N) is 1. The third kappa shape index (κ3) is 3.29. The van der Waals surface area contributed by atoms with Gasteiger partial charge < -0.3 is 11.1 Å². The van der Waals surface area contributed by atoms with E-state index in [-0.39, 0.29) is 11.4 Å². The van der Waals surface area contributed by atoms with Crippen molar-refractivity contribution in [3.8, 4) is 0 Å². The third-order valence-corrected chi connectivity index (χ3v) is 3.08. The summed E-state index contributed by atoms with van der Waals surface area (Å²) in [7, 11) is 0. The van der Waals surface area contributed by atoms with Gasteiger partial charge in [0.05, 0.1) is 0 Å². The van der Waals surface area contributed by atoms with E-state index in [1.807, 2.05) is 6.92 Å². The normalized spacial score (nSPS) is 21.9. The molecule has 0 aromatic carbocycles. The topological polar surface area (TPSA) is 55.1 Å². The zero-order valence-corrected chi connectivity index (χ0v) is 9.31. The Morgan fingerprint density at radius 2 is 2.07 bits per heavy atom. The van der Waals surface area contributed by atoms with Gasteiger partial charge in [-0.3, -0.25) is 4.79 Å². The van der Waals surface area contributed by atoms with Crippen molar-refractivity contribution in [2.45, 2.75) is 51.5 Å². The molecule has 1 aliphatic rings. The van der Waals surface area contributed by atoms with Gasteiger partial charge in [0.2, 0.25) is 5.91 Å². The molecule has 1 saturated carbocycles. The second-order valence-electron chi connectivity index (χ2n) is 4.86. The van der Waals surface area contributed by atoms with E-state index in [0.29, 0.717) is 18.9 Å². The summed E-state index contributed by atoms with van der Waals surface area (Å²) in [5.41, 5.74) is 5.54. The Kier molecular flexibility index (Phi) is 3.93. The van der Waals surface area contributed by atoms with E-state index in [2.05, 4.69) is 12.2 Å². The van der Waals surface area contributed by atoms with Crippen molar-refractivity contribution >= 4 is 5.91 Å². The van der Waals surface area contributed by atoms with Crippen LogP contribution in [0.3, 0.4) is 0 Å². The minimum Gasteiger partial charge on any atom is -0.351 e. The highest BCUT2D eigenvalue weighted by molar-refractivity contribution is 5.77. The third-order valence-electron chi connectivity index (χ3n) is 3.08. The molecule has 1 rings (SSSR count). The molecule has 1 unspecified atom stereocenters. The van der Waals surface area contributed by atoms with E-state index in [0.717, 1.165) is 12.8 Å². The standard InChI is InChI=1S/C11H22N2O/c1-9(8-12)7-10(14)13-11(2)5-3-4-6-11/h9H,3-8,12H2,1-2H3,(H,13,14). The van der Waals surface area contributed by atoms with E-state index >= 15 is 0 Å². The molecule has 0 aromatic rings. The van der Waals surface area contributed by atoms with Crippen LogP contribution in [0.25, 0.3) is 0 Å². The molecular weight excluding hydrogens is 176 g/mol. The number of nitrogens with one attached hydrogen (secondary N) is 1. The number of hydrogen-bond donors (Lipinski definition) is 2. The minimum atomic E-state index is 0.0609. The molecule has 3 nitrogen and oxygen atoms in total. The zero-order valence-electron chi connectivity index (χ0n) is 9.31. The monoisotopic (exact) mass is 198 g/mol. The predicted octanol–water partition coefficient (Wildman–Crippen LogP) is 1.42. The van der Waals surface area contributed by atoms with Crippen molar-refractivity contribution in [2.75, 3.05) is 6.54 Å². The molecule has 1 fully saturated rings. The molecule has 82 valence electrons. The lowest BCUT2D eigenvalue weighted by atomic mass is 9.99. The van der Waals surface area contributed by atoms with Crippen molar-refractivity contribution < 1.29 is 4.79 Å². The molecule has 0 aliphatic heterocycles. The van der Waals surface area contributed by atoms with Crippen LogP contribution in [0.4, 0.5) is 0 Å². The van der Waals surface area contributed by atoms with Crippen LogP contribution in [0.15, 0.2) is 0 Å². The van der Waals surface area contributed by atoms with Crippen LogP contribution in [0, 0.1) is 5.92 Å². The summed E-state index contributed by atoms with van der Waals surface area (Å²) in [6, 6.07) is 0. The smallest absolute Gasteiger partial charge is 0.220 e. The first-order valence-electron chi connectivity index (χ1n) is 5.57. The molecule has 14 heavy (non-hydrogen) atoms. The maximum absolute atomic E-state index is 11.6. The number of rotatable bonds is 4. The van der Waals surface area contributed by atoms with Gasteiger partial charge >= 0.3 is 0 Å². The maximum atomic E-state index is 11.6. The van der Waals surface area contributed by atoms with Crippen LogP contribution < -0.4 is 11.1 Å². The second-order valence-corrected chi connectivity index (χ2v) is 4.86. The summed E-state index contributed by atoms with van der Waals surface area (Å²) in [6.45, 7) is 4.74. The van der Waals surface area contributed by atoms with Crippen molar-refractivity contribution in [1.82, 2.24) is 5.32 Å². The lowest BCUT2D eigenvalue weighted by Crippen LogP contribution is -2.44. The van der Waals surface area contributed by atoms with Gasteiger partial charge in [0.25, 0.3) is 0 Å². The Labute approximate surface area is 86.4 Å². The molecule has 0 radical (unpaired) electrons. The fraction of sp³-hybridized carbons (Fsp3) is 0.909. The summed E-state index contributed by atoms with van der Waals surface area (Å²) in [5, 5.41) is 3.13. The average Bonchev–Trinajstić information content (AvgIpc) is 2.51. The van der Waals surface area contributed by atoms with Gasteiger partial charge in [0.1, 0.15) is 0 Å². The van der Waals surface area contributed by atoms with Crippen LogP contribution >= 0.6 is 0 Å². The summed E-state index contributed by atoms with van der Waals surface area (Å²) < 4.78 is 0. The molecule has 1 atom stereocenters.